The number of benzene rings is 1. The molecule has 28 heavy (non-hydrogen) atoms. The lowest BCUT2D eigenvalue weighted by molar-refractivity contribution is -0.144. The van der Waals surface area contributed by atoms with Crippen molar-refractivity contribution in [2.75, 3.05) is 20.1 Å². The topological polar surface area (TPSA) is 52.6 Å². The van der Waals surface area contributed by atoms with E-state index in [0.29, 0.717) is 30.5 Å². The minimum Gasteiger partial charge on any atom is -0.481 e. The number of rotatable bonds is 5. The lowest BCUT2D eigenvalue weighted by Gasteiger charge is -2.43. The Morgan fingerprint density at radius 1 is 1.18 bits per heavy atom. The van der Waals surface area contributed by atoms with E-state index in [1.807, 2.05) is 7.05 Å². The first-order valence-corrected chi connectivity index (χ1v) is 9.94. The smallest absolute Gasteiger partial charge is 0.416 e. The minimum atomic E-state index is -4.49. The Hall–Kier alpha value is -1.60. The molecule has 1 saturated heterocycles. The summed E-state index contributed by atoms with van der Waals surface area (Å²) in [5.41, 5.74) is -1.00. The van der Waals surface area contributed by atoms with E-state index in [-0.39, 0.29) is 5.54 Å². The van der Waals surface area contributed by atoms with E-state index >= 15 is 0 Å². The van der Waals surface area contributed by atoms with Crippen molar-refractivity contribution < 1.29 is 23.1 Å². The summed E-state index contributed by atoms with van der Waals surface area (Å²) >= 11 is 0. The molecule has 2 N–H and O–H groups in total. The summed E-state index contributed by atoms with van der Waals surface area (Å²) < 4.78 is 40.1. The van der Waals surface area contributed by atoms with Crippen LogP contribution in [-0.4, -0.2) is 41.7 Å². The maximum atomic E-state index is 13.4. The third-order valence-corrected chi connectivity index (χ3v) is 6.83. The summed E-state index contributed by atoms with van der Waals surface area (Å²) in [6, 6.07) is 3.66. The molecule has 0 amide bonds. The lowest BCUT2D eigenvalue weighted by atomic mass is 9.75. The van der Waals surface area contributed by atoms with Crippen LogP contribution in [0.1, 0.15) is 62.1 Å². The highest BCUT2D eigenvalue weighted by molar-refractivity contribution is 5.82. The summed E-state index contributed by atoms with van der Waals surface area (Å²) in [6.07, 6.45) is -0.364. The van der Waals surface area contributed by atoms with Crippen LogP contribution in [0.25, 0.3) is 0 Å². The number of hydrogen-bond donors (Lipinski definition) is 2. The van der Waals surface area contributed by atoms with Crippen molar-refractivity contribution in [2.24, 2.45) is 0 Å². The average Bonchev–Trinajstić information content (AvgIpc) is 3.13. The van der Waals surface area contributed by atoms with Gasteiger partial charge in [-0.05, 0) is 76.0 Å². The highest BCUT2D eigenvalue weighted by Gasteiger charge is 2.46. The molecule has 2 fully saturated rings. The number of nitrogens with one attached hydrogen (secondary N) is 1. The van der Waals surface area contributed by atoms with Crippen molar-refractivity contribution in [3.8, 4) is 0 Å². The number of piperidine rings is 1. The van der Waals surface area contributed by atoms with Crippen LogP contribution < -0.4 is 5.32 Å². The molecule has 1 aliphatic carbocycles. The second-order valence-electron chi connectivity index (χ2n) is 8.57. The molecule has 3 rings (SSSR count). The number of alkyl halides is 3. The fourth-order valence-corrected chi connectivity index (χ4v) is 4.71. The first-order chi connectivity index (χ1) is 13.1. The molecule has 0 radical (unpaired) electrons. The van der Waals surface area contributed by atoms with Gasteiger partial charge < -0.3 is 10.4 Å². The van der Waals surface area contributed by atoms with Gasteiger partial charge in [-0.1, -0.05) is 18.9 Å². The Balaban J connectivity index is 2.01. The quantitative estimate of drug-likeness (QED) is 0.782. The summed E-state index contributed by atoms with van der Waals surface area (Å²) in [6.45, 7) is 4.42. The van der Waals surface area contributed by atoms with Gasteiger partial charge in [-0.25, -0.2) is 0 Å². The van der Waals surface area contributed by atoms with E-state index in [9.17, 15) is 23.1 Å². The molecule has 7 heteroatoms. The third kappa shape index (κ3) is 3.92. The minimum absolute atomic E-state index is 0.0583. The van der Waals surface area contributed by atoms with Crippen LogP contribution in [0.5, 0.6) is 0 Å². The molecule has 0 atom stereocenters. The van der Waals surface area contributed by atoms with Gasteiger partial charge >= 0.3 is 12.1 Å². The number of nitrogens with zero attached hydrogens (tertiary/aromatic N) is 1. The molecule has 4 nitrogen and oxygen atoms in total. The Kier molecular flexibility index (Phi) is 5.79. The van der Waals surface area contributed by atoms with Crippen LogP contribution in [0.2, 0.25) is 0 Å². The van der Waals surface area contributed by atoms with Crippen LogP contribution >= 0.6 is 0 Å². The van der Waals surface area contributed by atoms with Gasteiger partial charge in [-0.15, -0.1) is 0 Å². The van der Waals surface area contributed by atoms with Gasteiger partial charge in [0.2, 0.25) is 0 Å². The zero-order valence-corrected chi connectivity index (χ0v) is 16.5. The van der Waals surface area contributed by atoms with Gasteiger partial charge in [0.1, 0.15) is 0 Å². The Morgan fingerprint density at radius 2 is 1.79 bits per heavy atom. The number of carboxylic acid groups (broad SMARTS) is 1. The Labute approximate surface area is 164 Å². The standard InChI is InChI=1S/C21H29F3N2O2/c1-19(9-11-25-12-10-19)26(2)14-15-5-6-16(21(22,23)24)13-17(15)20(18(27)28)7-3-4-8-20/h5-6,13,25H,3-4,7-12,14H2,1-2H3,(H,27,28). The van der Waals surface area contributed by atoms with Gasteiger partial charge in [0.15, 0.2) is 0 Å². The third-order valence-electron chi connectivity index (χ3n) is 6.83. The SMILES string of the molecule is CN(Cc1ccc(C(F)(F)F)cc1C1(C(=O)O)CCCC1)C1(C)CCNCC1. The van der Waals surface area contributed by atoms with Gasteiger partial charge in [0.05, 0.1) is 11.0 Å². The van der Waals surface area contributed by atoms with Crippen LogP contribution in [0.4, 0.5) is 13.2 Å². The van der Waals surface area contributed by atoms with Gasteiger partial charge in [-0.2, -0.15) is 13.2 Å². The largest absolute Gasteiger partial charge is 0.481 e. The first-order valence-electron chi connectivity index (χ1n) is 9.94. The lowest BCUT2D eigenvalue weighted by Crippen LogP contribution is -2.50. The number of aliphatic carboxylic acids is 1. The molecular weight excluding hydrogens is 369 g/mol. The van der Waals surface area contributed by atoms with Crippen LogP contribution in [0.15, 0.2) is 18.2 Å². The summed E-state index contributed by atoms with van der Waals surface area (Å²) in [5, 5.41) is 13.3. The average molecular weight is 398 g/mol. The van der Waals surface area contributed by atoms with E-state index < -0.39 is 23.1 Å². The van der Waals surface area contributed by atoms with Crippen LogP contribution in [0, 0.1) is 0 Å². The Morgan fingerprint density at radius 3 is 2.32 bits per heavy atom. The van der Waals surface area contributed by atoms with E-state index in [2.05, 4.69) is 17.1 Å². The van der Waals surface area contributed by atoms with E-state index in [4.69, 9.17) is 0 Å². The van der Waals surface area contributed by atoms with Crippen molar-refractivity contribution in [3.05, 3.63) is 34.9 Å². The van der Waals surface area contributed by atoms with Crippen molar-refractivity contribution in [1.82, 2.24) is 10.2 Å². The molecule has 1 aliphatic heterocycles. The van der Waals surface area contributed by atoms with E-state index in [1.54, 1.807) is 0 Å². The summed E-state index contributed by atoms with van der Waals surface area (Å²) in [7, 11) is 1.98. The van der Waals surface area contributed by atoms with Crippen molar-refractivity contribution in [3.63, 3.8) is 0 Å². The number of carboxylic acids is 1. The fraction of sp³-hybridized carbons (Fsp3) is 0.667. The van der Waals surface area contributed by atoms with Crippen molar-refractivity contribution >= 4 is 5.97 Å². The zero-order valence-electron chi connectivity index (χ0n) is 16.5. The number of hydrogen-bond acceptors (Lipinski definition) is 3. The van der Waals surface area contributed by atoms with Gasteiger partial charge in [0.25, 0.3) is 0 Å². The Bertz CT molecular complexity index is 721. The second kappa shape index (κ2) is 7.67. The number of carbonyl (C=O) groups is 1. The first kappa shape index (κ1) is 21.1. The fourth-order valence-electron chi connectivity index (χ4n) is 4.71. The molecular formula is C21H29F3N2O2. The molecule has 2 aliphatic rings. The van der Waals surface area contributed by atoms with Crippen LogP contribution in [-0.2, 0) is 22.9 Å². The monoisotopic (exact) mass is 398 g/mol. The van der Waals surface area contributed by atoms with Gasteiger partial charge in [-0.3, -0.25) is 9.69 Å². The van der Waals surface area contributed by atoms with Crippen molar-refractivity contribution in [2.45, 2.75) is 69.1 Å². The molecule has 156 valence electrons. The molecule has 1 heterocycles. The van der Waals surface area contributed by atoms with Crippen molar-refractivity contribution in [1.29, 1.82) is 0 Å². The maximum absolute atomic E-state index is 13.4. The summed E-state index contributed by atoms with van der Waals surface area (Å²) in [5.74, 6) is -1.01. The molecule has 1 saturated carbocycles. The second-order valence-corrected chi connectivity index (χ2v) is 8.57. The molecule has 0 unspecified atom stereocenters. The molecule has 1 aromatic carbocycles. The zero-order chi connectivity index (χ0) is 20.6. The normalized spacial score (nSPS) is 21.8. The molecule has 0 aromatic heterocycles. The molecule has 1 aromatic rings. The molecule has 0 bridgehead atoms. The highest BCUT2D eigenvalue weighted by atomic mass is 19.4. The van der Waals surface area contributed by atoms with E-state index in [0.717, 1.165) is 50.9 Å². The predicted octanol–water partition coefficient (Wildman–Crippen LogP) is 4.18. The van der Waals surface area contributed by atoms with Crippen LogP contribution in [0.3, 0.4) is 0 Å². The number of halogens is 3. The maximum Gasteiger partial charge on any atom is 0.416 e. The highest BCUT2D eigenvalue weighted by Crippen LogP contribution is 2.45. The van der Waals surface area contributed by atoms with Gasteiger partial charge in [0, 0.05) is 12.1 Å². The van der Waals surface area contributed by atoms with E-state index in [1.165, 1.54) is 6.07 Å². The molecule has 0 spiro atoms. The predicted molar refractivity (Wildman–Crippen MR) is 101 cm³/mol. The summed E-state index contributed by atoms with van der Waals surface area (Å²) in [4.78, 5) is 14.4.